The molecular weight excluding hydrogens is 856 g/mol. The van der Waals surface area contributed by atoms with Crippen LogP contribution >= 0.6 is 0 Å². The minimum absolute atomic E-state index is 0. The summed E-state index contributed by atoms with van der Waals surface area (Å²) >= 11 is 0. The van der Waals surface area contributed by atoms with Crippen molar-refractivity contribution in [1.29, 1.82) is 0 Å². The van der Waals surface area contributed by atoms with Crippen molar-refractivity contribution in [2.75, 3.05) is 0 Å². The first-order chi connectivity index (χ1) is 19.8. The Bertz CT molecular complexity index is 1170. The van der Waals surface area contributed by atoms with Gasteiger partial charge < -0.3 is 59.4 Å². The Kier molecular flexibility index (Phi) is 23.8. The monoisotopic (exact) mass is 882 g/mol. The van der Waals surface area contributed by atoms with Crippen LogP contribution in [0.2, 0.25) is 0 Å². The van der Waals surface area contributed by atoms with E-state index in [4.69, 9.17) is 0 Å². The molecule has 3 unspecified atom stereocenters. The van der Waals surface area contributed by atoms with Crippen molar-refractivity contribution in [1.82, 2.24) is 0 Å². The van der Waals surface area contributed by atoms with Gasteiger partial charge >= 0.3 is 98.8 Å². The van der Waals surface area contributed by atoms with Gasteiger partial charge in [0, 0.05) is 53.6 Å². The molecule has 3 aromatic rings. The molecule has 0 radical (unpaired) electrons. The number of hydrogen-bond donors (Lipinski definition) is 0. The summed E-state index contributed by atoms with van der Waals surface area (Å²) in [6.07, 6.45) is -1.69. The minimum atomic E-state index is -1.40. The maximum Gasteiger partial charge on any atom is 3.00 e. The number of benzene rings is 3. The predicted octanol–water partition coefficient (Wildman–Crippen LogP) is -4.02. The molecule has 3 rings (SSSR count). The van der Waals surface area contributed by atoms with Crippen molar-refractivity contribution in [3.63, 3.8) is 0 Å². The van der Waals surface area contributed by atoms with E-state index in [0.29, 0.717) is 16.7 Å². The van der Waals surface area contributed by atoms with Crippen LogP contribution < -0.4 is 30.6 Å². The van der Waals surface area contributed by atoms with E-state index in [-0.39, 0.29) is 98.8 Å². The quantitative estimate of drug-likeness (QED) is 0.169. The molecule has 14 heteroatoms. The summed E-state index contributed by atoms with van der Waals surface area (Å²) < 4.78 is 0. The fraction of sp³-hybridized carbons (Fsp3) is 0.200. The normalized spacial score (nSPS) is 11.5. The Morgan fingerprint density at radius 2 is 0.568 bits per heavy atom. The molecule has 0 N–H and O–H groups in total. The van der Waals surface area contributed by atoms with Gasteiger partial charge in [0.2, 0.25) is 0 Å². The van der Waals surface area contributed by atoms with E-state index in [1.807, 2.05) is 0 Å². The van der Waals surface area contributed by atoms with Crippen LogP contribution in [0.25, 0.3) is 0 Å². The first-order valence-electron chi connectivity index (χ1n) is 12.2. The third-order valence-corrected chi connectivity index (χ3v) is 5.57. The van der Waals surface area contributed by atoms with Crippen molar-refractivity contribution < 1.29 is 158 Å². The summed E-state index contributed by atoms with van der Waals surface area (Å²) in [5, 5.41) is 62.8. The van der Waals surface area contributed by atoms with Crippen LogP contribution in [-0.4, -0.2) is 35.8 Å². The SMILES string of the molecule is O=C([O-])CC(C(=O)[O-])c1ccccc1.O=C([O-])CC(C(=O)[O-])c1ccccc1.O=C([O-])CC(C(=O)[O-])c1ccccc1.[Eu+3].[Eu+3]. The predicted molar refractivity (Wildman–Crippen MR) is 131 cm³/mol. The van der Waals surface area contributed by atoms with E-state index in [9.17, 15) is 59.4 Å². The third-order valence-electron chi connectivity index (χ3n) is 5.57. The molecule has 12 nitrogen and oxygen atoms in total. The molecule has 3 aromatic carbocycles. The number of hydrogen-bond acceptors (Lipinski definition) is 12. The van der Waals surface area contributed by atoms with Gasteiger partial charge in [-0.2, -0.15) is 0 Å². The average Bonchev–Trinajstić information content (AvgIpc) is 2.95. The Balaban J connectivity index is 0. The third kappa shape index (κ3) is 17.8. The molecule has 0 spiro atoms. The zero-order valence-corrected chi connectivity index (χ0v) is 27.5. The first kappa shape index (κ1) is 43.8. The molecule has 0 heterocycles. The molecule has 0 fully saturated rings. The molecule has 0 aromatic heterocycles. The van der Waals surface area contributed by atoms with Gasteiger partial charge in [-0.1, -0.05) is 91.0 Å². The van der Waals surface area contributed by atoms with E-state index < -0.39 is 72.8 Å². The van der Waals surface area contributed by atoms with Gasteiger partial charge in [-0.15, -0.1) is 0 Å². The number of carboxylic acids is 6. The van der Waals surface area contributed by atoms with Gasteiger partial charge in [-0.3, -0.25) is 0 Å². The van der Waals surface area contributed by atoms with Crippen LogP contribution in [-0.2, 0) is 28.8 Å². The second-order valence-electron chi connectivity index (χ2n) is 8.58. The van der Waals surface area contributed by atoms with Gasteiger partial charge in [-0.05, 0) is 36.0 Å². The van der Waals surface area contributed by atoms with Crippen molar-refractivity contribution in [3.05, 3.63) is 108 Å². The van der Waals surface area contributed by atoms with Crippen LogP contribution in [0.5, 0.6) is 0 Å². The maximum atomic E-state index is 10.6. The standard InChI is InChI=1S/3C10H10O4.2Eu/c3*11-9(12)6-8(10(13)14)7-4-2-1-3-5-7;;/h3*1-5,8H,6H2,(H,11,12)(H,13,14);;/q;;;2*+3/p-6. The summed E-state index contributed by atoms with van der Waals surface area (Å²) in [6.45, 7) is 0. The smallest absolute Gasteiger partial charge is 0.550 e. The van der Waals surface area contributed by atoms with E-state index in [2.05, 4.69) is 0 Å². The molecule has 230 valence electrons. The summed E-state index contributed by atoms with van der Waals surface area (Å²) in [6, 6.07) is 24.3. The van der Waals surface area contributed by atoms with Gasteiger partial charge in [-0.25, -0.2) is 0 Å². The molecule has 0 aliphatic carbocycles. The second kappa shape index (κ2) is 24.0. The fourth-order valence-corrected chi connectivity index (χ4v) is 3.57. The fourth-order valence-electron chi connectivity index (χ4n) is 3.57. The maximum absolute atomic E-state index is 10.6. The summed E-state index contributed by atoms with van der Waals surface area (Å²) in [7, 11) is 0. The Labute approximate surface area is 334 Å². The van der Waals surface area contributed by atoms with Gasteiger partial charge in [0.25, 0.3) is 0 Å². The Morgan fingerprint density at radius 3 is 0.705 bits per heavy atom. The van der Waals surface area contributed by atoms with Gasteiger partial charge in [0.05, 0.1) is 0 Å². The van der Waals surface area contributed by atoms with Crippen molar-refractivity contribution in [3.8, 4) is 0 Å². The van der Waals surface area contributed by atoms with E-state index in [1.165, 1.54) is 0 Å². The second-order valence-corrected chi connectivity index (χ2v) is 8.58. The first-order valence-corrected chi connectivity index (χ1v) is 12.2. The molecule has 0 bridgehead atoms. The summed E-state index contributed by atoms with van der Waals surface area (Å²) in [5.74, 6) is -11.8. The molecule has 0 amide bonds. The Morgan fingerprint density at radius 1 is 0.386 bits per heavy atom. The molecule has 44 heavy (non-hydrogen) atoms. The molecule has 0 aliphatic rings. The largest absolute Gasteiger partial charge is 3.00 e. The summed E-state index contributed by atoms with van der Waals surface area (Å²) in [4.78, 5) is 62.8. The van der Waals surface area contributed by atoms with Gasteiger partial charge in [0.15, 0.2) is 0 Å². The zero-order valence-electron chi connectivity index (χ0n) is 22.7. The van der Waals surface area contributed by atoms with Crippen LogP contribution in [0.15, 0.2) is 91.0 Å². The zero-order chi connectivity index (χ0) is 31.7. The van der Waals surface area contributed by atoms with E-state index in [1.54, 1.807) is 91.0 Å². The molecular formula is C30H24Eu2O12. The van der Waals surface area contributed by atoms with Crippen LogP contribution in [0.4, 0.5) is 0 Å². The number of aliphatic carboxylic acids is 6. The van der Waals surface area contributed by atoms with E-state index in [0.717, 1.165) is 0 Å². The molecule has 0 aliphatic heterocycles. The van der Waals surface area contributed by atoms with Crippen molar-refractivity contribution in [2.24, 2.45) is 0 Å². The van der Waals surface area contributed by atoms with Gasteiger partial charge in [0.1, 0.15) is 0 Å². The topological polar surface area (TPSA) is 241 Å². The van der Waals surface area contributed by atoms with Crippen LogP contribution in [0.3, 0.4) is 0 Å². The number of carbonyl (C=O) groups excluding carboxylic acids is 6. The van der Waals surface area contributed by atoms with Crippen LogP contribution in [0.1, 0.15) is 53.7 Å². The van der Waals surface area contributed by atoms with E-state index >= 15 is 0 Å². The average molecular weight is 880 g/mol. The number of carbonyl (C=O) groups is 6. The number of carboxylic acid groups (broad SMARTS) is 6. The molecule has 0 saturated heterocycles. The molecule has 0 saturated carbocycles. The Hall–Kier alpha value is -2.35. The van der Waals surface area contributed by atoms with Crippen molar-refractivity contribution in [2.45, 2.75) is 37.0 Å². The van der Waals surface area contributed by atoms with Crippen molar-refractivity contribution >= 4 is 35.8 Å². The minimum Gasteiger partial charge on any atom is -0.550 e. The number of rotatable bonds is 12. The molecule has 3 atom stereocenters. The summed E-state index contributed by atoms with van der Waals surface area (Å²) in [5.41, 5.74) is 1.24. The van der Waals surface area contributed by atoms with Crippen LogP contribution in [0, 0.1) is 98.8 Å².